The van der Waals surface area contributed by atoms with Crippen LogP contribution in [0.25, 0.3) is 10.9 Å². The first-order valence-corrected chi connectivity index (χ1v) is 8.45. The third-order valence-corrected chi connectivity index (χ3v) is 4.91. The molecule has 4 rings (SSSR count). The van der Waals surface area contributed by atoms with Gasteiger partial charge >= 0.3 is 0 Å². The molecule has 124 valence electrons. The van der Waals surface area contributed by atoms with Gasteiger partial charge in [-0.05, 0) is 18.2 Å². The molecule has 1 N–H and O–H groups in total. The van der Waals surface area contributed by atoms with Gasteiger partial charge in [-0.2, -0.15) is 0 Å². The highest BCUT2D eigenvalue weighted by atomic mass is 35.5. The molecule has 0 spiro atoms. The minimum atomic E-state index is -0.199. The summed E-state index contributed by atoms with van der Waals surface area (Å²) in [5.41, 5.74) is 2.63. The lowest BCUT2D eigenvalue weighted by molar-refractivity contribution is 0.0236. The predicted octanol–water partition coefficient (Wildman–Crippen LogP) is 4.38. The number of halogens is 2. The Morgan fingerprint density at radius 1 is 1.04 bits per heavy atom. The lowest BCUT2D eigenvalue weighted by atomic mass is 9.95. The van der Waals surface area contributed by atoms with Gasteiger partial charge in [-0.3, -0.25) is 4.90 Å². The number of nitrogens with one attached hydrogen (secondary N) is 1. The maximum Gasteiger partial charge on any atom is 0.128 e. The fourth-order valence-corrected chi connectivity index (χ4v) is 3.76. The van der Waals surface area contributed by atoms with Crippen molar-refractivity contribution in [3.63, 3.8) is 0 Å². The number of H-pyrrole nitrogens is 1. The van der Waals surface area contributed by atoms with E-state index < -0.39 is 0 Å². The van der Waals surface area contributed by atoms with Gasteiger partial charge < -0.3 is 9.72 Å². The molecule has 5 heteroatoms. The lowest BCUT2D eigenvalue weighted by Crippen LogP contribution is -2.39. The molecular formula is C19H18ClFN2O. The van der Waals surface area contributed by atoms with Crippen molar-refractivity contribution in [3.8, 4) is 0 Å². The van der Waals surface area contributed by atoms with Gasteiger partial charge in [0.2, 0.25) is 0 Å². The predicted molar refractivity (Wildman–Crippen MR) is 93.9 cm³/mol. The molecule has 24 heavy (non-hydrogen) atoms. The van der Waals surface area contributed by atoms with Gasteiger partial charge in [0.15, 0.2) is 0 Å². The number of benzene rings is 2. The number of fused-ring (bicyclic) bond motifs is 1. The Hall–Kier alpha value is -1.88. The standard InChI is InChI=1S/C19H18ClFN2O/c20-15-5-3-7-17-18(15)14(12-22-17)19(23-8-10-24-11-9-23)13-4-1-2-6-16(13)21/h1-7,12,19,22H,8-11H2. The van der Waals surface area contributed by atoms with Gasteiger partial charge in [0.05, 0.1) is 24.3 Å². The molecular weight excluding hydrogens is 327 g/mol. The van der Waals surface area contributed by atoms with Crippen molar-refractivity contribution < 1.29 is 9.13 Å². The number of aromatic nitrogens is 1. The largest absolute Gasteiger partial charge is 0.379 e. The monoisotopic (exact) mass is 344 g/mol. The van der Waals surface area contributed by atoms with Gasteiger partial charge in [-0.25, -0.2) is 4.39 Å². The topological polar surface area (TPSA) is 28.3 Å². The zero-order valence-electron chi connectivity index (χ0n) is 13.1. The van der Waals surface area contributed by atoms with Crippen LogP contribution in [0.1, 0.15) is 17.2 Å². The Balaban J connectivity index is 1.90. The highest BCUT2D eigenvalue weighted by Crippen LogP contribution is 2.38. The van der Waals surface area contributed by atoms with E-state index >= 15 is 0 Å². The van der Waals surface area contributed by atoms with Crippen LogP contribution in [-0.4, -0.2) is 36.2 Å². The fraction of sp³-hybridized carbons (Fsp3) is 0.263. The van der Waals surface area contributed by atoms with Gasteiger partial charge in [0, 0.05) is 41.3 Å². The van der Waals surface area contributed by atoms with Crippen molar-refractivity contribution in [2.24, 2.45) is 0 Å². The van der Waals surface area contributed by atoms with Crippen molar-refractivity contribution in [2.75, 3.05) is 26.3 Å². The van der Waals surface area contributed by atoms with E-state index in [0.29, 0.717) is 23.8 Å². The maximum absolute atomic E-state index is 14.6. The van der Waals surface area contributed by atoms with Crippen molar-refractivity contribution in [1.29, 1.82) is 0 Å². The second-order valence-electron chi connectivity index (χ2n) is 5.98. The molecule has 1 aliphatic heterocycles. The summed E-state index contributed by atoms with van der Waals surface area (Å²) in [5.74, 6) is -0.199. The SMILES string of the molecule is Fc1ccccc1C(c1c[nH]c2cccc(Cl)c12)N1CCOCC1. The molecule has 1 unspecified atom stereocenters. The first kappa shape index (κ1) is 15.6. The molecule has 0 radical (unpaired) electrons. The maximum atomic E-state index is 14.6. The summed E-state index contributed by atoms with van der Waals surface area (Å²) in [6.45, 7) is 2.83. The van der Waals surface area contributed by atoms with Crippen molar-refractivity contribution in [3.05, 3.63) is 70.6 Å². The second-order valence-corrected chi connectivity index (χ2v) is 6.39. The average molecular weight is 345 g/mol. The van der Waals surface area contributed by atoms with Crippen LogP contribution in [-0.2, 0) is 4.74 Å². The summed E-state index contributed by atoms with van der Waals surface area (Å²) in [6, 6.07) is 12.5. The molecule has 3 nitrogen and oxygen atoms in total. The summed E-state index contributed by atoms with van der Waals surface area (Å²) in [5, 5.41) is 1.64. The van der Waals surface area contributed by atoms with Crippen LogP contribution in [0.4, 0.5) is 4.39 Å². The normalized spacial score (nSPS) is 17.2. The van der Waals surface area contributed by atoms with E-state index in [1.54, 1.807) is 6.07 Å². The van der Waals surface area contributed by atoms with Crippen LogP contribution < -0.4 is 0 Å². The Morgan fingerprint density at radius 2 is 1.83 bits per heavy atom. The number of morpholine rings is 1. The summed E-state index contributed by atoms with van der Waals surface area (Å²) in [6.07, 6.45) is 1.95. The zero-order valence-corrected chi connectivity index (χ0v) is 13.9. The molecule has 0 amide bonds. The summed E-state index contributed by atoms with van der Waals surface area (Å²) >= 11 is 6.46. The molecule has 3 aromatic rings. The molecule has 0 saturated carbocycles. The molecule has 1 fully saturated rings. The average Bonchev–Trinajstić information content (AvgIpc) is 3.03. The van der Waals surface area contributed by atoms with Crippen LogP contribution >= 0.6 is 11.6 Å². The lowest BCUT2D eigenvalue weighted by Gasteiger charge is -2.35. The van der Waals surface area contributed by atoms with Gasteiger partial charge in [0.1, 0.15) is 5.82 Å². The zero-order chi connectivity index (χ0) is 16.5. The van der Waals surface area contributed by atoms with Crippen molar-refractivity contribution >= 4 is 22.5 Å². The minimum absolute atomic E-state index is 0.191. The molecule has 1 atom stereocenters. The number of ether oxygens (including phenoxy) is 1. The highest BCUT2D eigenvalue weighted by Gasteiger charge is 2.29. The minimum Gasteiger partial charge on any atom is -0.379 e. The van der Waals surface area contributed by atoms with Crippen LogP contribution in [0.2, 0.25) is 5.02 Å². The number of rotatable bonds is 3. The van der Waals surface area contributed by atoms with Crippen LogP contribution in [0.5, 0.6) is 0 Å². The van der Waals surface area contributed by atoms with Gasteiger partial charge in [0.25, 0.3) is 0 Å². The van der Waals surface area contributed by atoms with Crippen molar-refractivity contribution in [1.82, 2.24) is 9.88 Å². The number of aromatic amines is 1. The van der Waals surface area contributed by atoms with Crippen molar-refractivity contribution in [2.45, 2.75) is 6.04 Å². The second kappa shape index (κ2) is 6.55. The third kappa shape index (κ3) is 2.71. The molecule has 1 saturated heterocycles. The third-order valence-electron chi connectivity index (χ3n) is 4.59. The molecule has 0 aliphatic carbocycles. The number of nitrogens with zero attached hydrogens (tertiary/aromatic N) is 1. The van der Waals surface area contributed by atoms with Crippen LogP contribution in [0.3, 0.4) is 0 Å². The first-order chi connectivity index (χ1) is 11.8. The van der Waals surface area contributed by atoms with E-state index in [9.17, 15) is 4.39 Å². The molecule has 1 aliphatic rings. The van der Waals surface area contributed by atoms with E-state index in [1.807, 2.05) is 36.5 Å². The Kier molecular flexibility index (Phi) is 4.27. The Labute approximate surface area is 145 Å². The summed E-state index contributed by atoms with van der Waals surface area (Å²) in [7, 11) is 0. The molecule has 1 aromatic heterocycles. The van der Waals surface area contributed by atoms with E-state index in [-0.39, 0.29) is 11.9 Å². The van der Waals surface area contributed by atoms with Gasteiger partial charge in [-0.15, -0.1) is 0 Å². The van der Waals surface area contributed by atoms with Crippen LogP contribution in [0, 0.1) is 5.82 Å². The Morgan fingerprint density at radius 3 is 2.62 bits per heavy atom. The van der Waals surface area contributed by atoms with E-state index in [0.717, 1.165) is 29.6 Å². The molecule has 2 heterocycles. The summed E-state index contributed by atoms with van der Waals surface area (Å²) < 4.78 is 20.1. The first-order valence-electron chi connectivity index (χ1n) is 8.07. The number of hydrogen-bond acceptors (Lipinski definition) is 2. The smallest absolute Gasteiger partial charge is 0.128 e. The quantitative estimate of drug-likeness (QED) is 0.763. The Bertz CT molecular complexity index is 857. The van der Waals surface area contributed by atoms with E-state index in [2.05, 4.69) is 9.88 Å². The van der Waals surface area contributed by atoms with E-state index in [1.165, 1.54) is 6.07 Å². The van der Waals surface area contributed by atoms with E-state index in [4.69, 9.17) is 16.3 Å². The fourth-order valence-electron chi connectivity index (χ4n) is 3.47. The number of hydrogen-bond donors (Lipinski definition) is 1. The molecule has 0 bridgehead atoms. The summed E-state index contributed by atoms with van der Waals surface area (Å²) in [4.78, 5) is 5.53. The molecule has 2 aromatic carbocycles. The van der Waals surface area contributed by atoms with Gasteiger partial charge in [-0.1, -0.05) is 35.9 Å². The highest BCUT2D eigenvalue weighted by molar-refractivity contribution is 6.35. The van der Waals surface area contributed by atoms with Crippen LogP contribution in [0.15, 0.2) is 48.7 Å².